The van der Waals surface area contributed by atoms with E-state index in [4.69, 9.17) is 4.42 Å². The average Bonchev–Trinajstić information content (AvgIpc) is 3.10. The number of aliphatic hydroxyl groups is 1. The van der Waals surface area contributed by atoms with Gasteiger partial charge in [-0.3, -0.25) is 0 Å². The van der Waals surface area contributed by atoms with E-state index in [1.165, 1.54) is 0 Å². The molecule has 0 amide bonds. The highest BCUT2D eigenvalue weighted by atomic mass is 16.4. The molecule has 1 fully saturated rings. The minimum atomic E-state index is -0.971. The Morgan fingerprint density at radius 2 is 2.14 bits per heavy atom. The molecule has 1 saturated heterocycles. The molecule has 0 radical (unpaired) electrons. The molecule has 3 rings (SSSR count). The Morgan fingerprint density at radius 1 is 1.32 bits per heavy atom. The summed E-state index contributed by atoms with van der Waals surface area (Å²) in [5, 5.41) is 13.9. The number of nitrogens with zero attached hydrogens (tertiary/aromatic N) is 2. The van der Waals surface area contributed by atoms with Crippen LogP contribution in [0.15, 0.2) is 47.2 Å². The minimum absolute atomic E-state index is 0.418. The van der Waals surface area contributed by atoms with Crippen LogP contribution in [0.5, 0.6) is 0 Å². The van der Waals surface area contributed by atoms with Gasteiger partial charge in [-0.05, 0) is 44.0 Å². The van der Waals surface area contributed by atoms with Gasteiger partial charge in [-0.25, -0.2) is 4.98 Å². The third-order valence-corrected chi connectivity index (χ3v) is 4.26. The van der Waals surface area contributed by atoms with E-state index in [-0.39, 0.29) is 0 Å². The average molecular weight is 301 g/mol. The lowest BCUT2D eigenvalue weighted by molar-refractivity contribution is 0.0307. The predicted octanol–water partition coefficient (Wildman–Crippen LogP) is 2.14. The van der Waals surface area contributed by atoms with Gasteiger partial charge >= 0.3 is 0 Å². The van der Waals surface area contributed by atoms with Crippen molar-refractivity contribution in [1.82, 2.24) is 10.3 Å². The first-order chi connectivity index (χ1) is 10.6. The van der Waals surface area contributed by atoms with Crippen LogP contribution in [0, 0.1) is 0 Å². The molecule has 0 bridgehead atoms. The van der Waals surface area contributed by atoms with Gasteiger partial charge < -0.3 is 19.7 Å². The van der Waals surface area contributed by atoms with Crippen molar-refractivity contribution in [2.75, 3.05) is 24.5 Å². The van der Waals surface area contributed by atoms with Crippen molar-refractivity contribution in [1.29, 1.82) is 0 Å². The summed E-state index contributed by atoms with van der Waals surface area (Å²) in [5.41, 5.74) is -0.971. The number of anilines is 1. The predicted molar refractivity (Wildman–Crippen MR) is 85.8 cm³/mol. The normalized spacial score (nSPS) is 19.1. The van der Waals surface area contributed by atoms with E-state index in [0.717, 1.165) is 31.7 Å². The lowest BCUT2D eigenvalue weighted by Crippen LogP contribution is -2.46. The second-order valence-electron chi connectivity index (χ2n) is 6.08. The van der Waals surface area contributed by atoms with Crippen molar-refractivity contribution >= 4 is 5.82 Å². The smallest absolute Gasteiger partial charge is 0.136 e. The summed E-state index contributed by atoms with van der Waals surface area (Å²) in [6.45, 7) is 4.24. The summed E-state index contributed by atoms with van der Waals surface area (Å²) >= 11 is 0. The van der Waals surface area contributed by atoms with Crippen LogP contribution in [0.1, 0.15) is 25.5 Å². The highest BCUT2D eigenvalue weighted by Crippen LogP contribution is 2.22. The fourth-order valence-corrected chi connectivity index (χ4v) is 2.87. The molecule has 0 spiro atoms. The molecule has 2 N–H and O–H groups in total. The maximum atomic E-state index is 10.5. The van der Waals surface area contributed by atoms with Crippen LogP contribution in [0.4, 0.5) is 5.82 Å². The third kappa shape index (κ3) is 3.48. The second-order valence-corrected chi connectivity index (χ2v) is 6.08. The zero-order valence-electron chi connectivity index (χ0n) is 12.9. The Morgan fingerprint density at radius 3 is 2.77 bits per heavy atom. The molecular weight excluding hydrogens is 278 g/mol. The number of nitrogens with one attached hydrogen (secondary N) is 1. The summed E-state index contributed by atoms with van der Waals surface area (Å²) in [5.74, 6) is 1.65. The number of furan rings is 1. The van der Waals surface area contributed by atoms with E-state index in [2.05, 4.69) is 21.3 Å². The lowest BCUT2D eigenvalue weighted by atomic mass is 10.0. The molecule has 1 aliphatic rings. The van der Waals surface area contributed by atoms with Gasteiger partial charge in [0.25, 0.3) is 0 Å². The summed E-state index contributed by atoms with van der Waals surface area (Å²) in [7, 11) is 0. The molecule has 1 unspecified atom stereocenters. The molecule has 5 nitrogen and oxygen atoms in total. The molecular formula is C17H23N3O2. The standard InChI is InChI=1S/C17H23N3O2/c1-17(21,15-5-4-12-22-15)13-19-14-7-10-20(11-8-14)16-6-2-3-9-18-16/h2-6,9,12,14,19,21H,7-8,10-11,13H2,1H3. The molecule has 118 valence electrons. The van der Waals surface area contributed by atoms with Crippen molar-refractivity contribution in [3.05, 3.63) is 48.6 Å². The summed E-state index contributed by atoms with van der Waals surface area (Å²) in [6.07, 6.45) is 5.52. The Balaban J connectivity index is 1.48. The van der Waals surface area contributed by atoms with Crippen molar-refractivity contribution in [3.8, 4) is 0 Å². The van der Waals surface area contributed by atoms with Crippen LogP contribution in [0.25, 0.3) is 0 Å². The van der Waals surface area contributed by atoms with E-state index in [0.29, 0.717) is 18.3 Å². The summed E-state index contributed by atoms with van der Waals surface area (Å²) in [4.78, 5) is 6.71. The fourth-order valence-electron chi connectivity index (χ4n) is 2.87. The van der Waals surface area contributed by atoms with E-state index in [1.807, 2.05) is 24.4 Å². The van der Waals surface area contributed by atoms with Crippen molar-refractivity contribution < 1.29 is 9.52 Å². The molecule has 22 heavy (non-hydrogen) atoms. The van der Waals surface area contributed by atoms with Gasteiger partial charge in [0.2, 0.25) is 0 Å². The second kappa shape index (κ2) is 6.50. The highest BCUT2D eigenvalue weighted by Gasteiger charge is 2.28. The molecule has 1 atom stereocenters. The number of hydrogen-bond donors (Lipinski definition) is 2. The van der Waals surface area contributed by atoms with Gasteiger partial charge in [0.05, 0.1) is 6.26 Å². The van der Waals surface area contributed by atoms with E-state index in [1.54, 1.807) is 19.3 Å². The number of piperidine rings is 1. The molecule has 0 saturated carbocycles. The van der Waals surface area contributed by atoms with E-state index in [9.17, 15) is 5.11 Å². The van der Waals surface area contributed by atoms with Gasteiger partial charge in [-0.2, -0.15) is 0 Å². The van der Waals surface area contributed by atoms with Gasteiger partial charge in [-0.15, -0.1) is 0 Å². The Labute approximate surface area is 131 Å². The van der Waals surface area contributed by atoms with E-state index >= 15 is 0 Å². The largest absolute Gasteiger partial charge is 0.466 e. The van der Waals surface area contributed by atoms with Crippen LogP contribution < -0.4 is 10.2 Å². The van der Waals surface area contributed by atoms with Crippen molar-refractivity contribution in [2.45, 2.75) is 31.4 Å². The Bertz CT molecular complexity index is 561. The number of pyridine rings is 1. The first kappa shape index (κ1) is 15.1. The Hall–Kier alpha value is -1.85. The molecule has 3 heterocycles. The fraction of sp³-hybridized carbons (Fsp3) is 0.471. The highest BCUT2D eigenvalue weighted by molar-refractivity contribution is 5.38. The van der Waals surface area contributed by atoms with Crippen LogP contribution in [0.2, 0.25) is 0 Å². The van der Waals surface area contributed by atoms with Crippen LogP contribution in [0.3, 0.4) is 0 Å². The van der Waals surface area contributed by atoms with Crippen molar-refractivity contribution in [3.63, 3.8) is 0 Å². The number of hydrogen-bond acceptors (Lipinski definition) is 5. The molecule has 1 aliphatic heterocycles. The van der Waals surface area contributed by atoms with Gasteiger partial charge in [0, 0.05) is 31.9 Å². The first-order valence-corrected chi connectivity index (χ1v) is 7.81. The SMILES string of the molecule is CC(O)(CNC1CCN(c2ccccn2)CC1)c1ccco1. The molecule has 2 aromatic heterocycles. The lowest BCUT2D eigenvalue weighted by Gasteiger charge is -2.34. The topological polar surface area (TPSA) is 61.5 Å². The molecule has 2 aromatic rings. The maximum Gasteiger partial charge on any atom is 0.136 e. The third-order valence-electron chi connectivity index (χ3n) is 4.26. The minimum Gasteiger partial charge on any atom is -0.466 e. The van der Waals surface area contributed by atoms with Crippen molar-refractivity contribution in [2.24, 2.45) is 0 Å². The van der Waals surface area contributed by atoms with Crippen LogP contribution in [-0.2, 0) is 5.60 Å². The quantitative estimate of drug-likeness (QED) is 0.886. The molecule has 5 heteroatoms. The van der Waals surface area contributed by atoms with E-state index < -0.39 is 5.60 Å². The first-order valence-electron chi connectivity index (χ1n) is 7.81. The van der Waals surface area contributed by atoms with Gasteiger partial charge in [-0.1, -0.05) is 6.07 Å². The number of aromatic nitrogens is 1. The summed E-state index contributed by atoms with van der Waals surface area (Å²) in [6, 6.07) is 10.0. The van der Waals surface area contributed by atoms with Crippen LogP contribution >= 0.6 is 0 Å². The zero-order valence-corrected chi connectivity index (χ0v) is 12.9. The Kier molecular flexibility index (Phi) is 4.45. The van der Waals surface area contributed by atoms with Crippen LogP contribution in [-0.4, -0.2) is 35.8 Å². The van der Waals surface area contributed by atoms with Gasteiger partial charge in [0.1, 0.15) is 17.2 Å². The number of rotatable bonds is 5. The van der Waals surface area contributed by atoms with Gasteiger partial charge in [0.15, 0.2) is 0 Å². The molecule has 0 aliphatic carbocycles. The zero-order chi connectivity index (χ0) is 15.4. The monoisotopic (exact) mass is 301 g/mol. The maximum absolute atomic E-state index is 10.5. The summed E-state index contributed by atoms with van der Waals surface area (Å²) < 4.78 is 5.31. The molecule has 0 aromatic carbocycles.